The van der Waals surface area contributed by atoms with Gasteiger partial charge in [-0.2, -0.15) is 5.26 Å². The second-order valence-corrected chi connectivity index (χ2v) is 4.85. The van der Waals surface area contributed by atoms with Crippen LogP contribution in [0.2, 0.25) is 0 Å². The molecule has 106 valence electrons. The normalized spacial score (nSPS) is 10.4. The molecule has 0 unspecified atom stereocenters. The SMILES string of the molecule is N#Cc1ccc(-c2c(F)ccc3ccc(C(=O)O)cc23)cc1. The minimum absolute atomic E-state index is 0.105. The summed E-state index contributed by atoms with van der Waals surface area (Å²) in [4.78, 5) is 11.1. The average Bonchev–Trinajstić information content (AvgIpc) is 2.54. The topological polar surface area (TPSA) is 61.1 Å². The third-order valence-electron chi connectivity index (χ3n) is 3.52. The molecule has 0 atom stereocenters. The third kappa shape index (κ3) is 2.29. The van der Waals surface area contributed by atoms with Crippen LogP contribution in [-0.2, 0) is 0 Å². The average molecular weight is 291 g/mol. The first-order chi connectivity index (χ1) is 10.6. The lowest BCUT2D eigenvalue weighted by atomic mass is 9.95. The summed E-state index contributed by atoms with van der Waals surface area (Å²) in [6.07, 6.45) is 0. The Kier molecular flexibility index (Phi) is 3.32. The lowest BCUT2D eigenvalue weighted by molar-refractivity contribution is 0.0697. The maximum atomic E-state index is 14.3. The molecule has 0 saturated carbocycles. The summed E-state index contributed by atoms with van der Waals surface area (Å²) in [7, 11) is 0. The maximum Gasteiger partial charge on any atom is 0.335 e. The van der Waals surface area contributed by atoms with Crippen LogP contribution in [0, 0.1) is 17.1 Å². The van der Waals surface area contributed by atoms with Gasteiger partial charge in [-0.05, 0) is 46.7 Å². The van der Waals surface area contributed by atoms with Gasteiger partial charge in [-0.1, -0.05) is 24.3 Å². The molecule has 3 aromatic rings. The third-order valence-corrected chi connectivity index (χ3v) is 3.52. The van der Waals surface area contributed by atoms with Gasteiger partial charge in [-0.15, -0.1) is 0 Å². The molecule has 0 aromatic heterocycles. The van der Waals surface area contributed by atoms with E-state index in [1.807, 2.05) is 6.07 Å². The summed E-state index contributed by atoms with van der Waals surface area (Å²) < 4.78 is 14.3. The first-order valence-corrected chi connectivity index (χ1v) is 6.56. The number of carboxylic acids is 1. The lowest BCUT2D eigenvalue weighted by Gasteiger charge is -2.09. The summed E-state index contributed by atoms with van der Waals surface area (Å²) in [5, 5.41) is 19.2. The number of carboxylic acid groups (broad SMARTS) is 1. The van der Waals surface area contributed by atoms with Crippen molar-refractivity contribution in [3.63, 3.8) is 0 Å². The first kappa shape index (κ1) is 13.8. The van der Waals surface area contributed by atoms with E-state index in [9.17, 15) is 9.18 Å². The second-order valence-electron chi connectivity index (χ2n) is 4.85. The van der Waals surface area contributed by atoms with Crippen molar-refractivity contribution in [2.75, 3.05) is 0 Å². The molecular formula is C18H10FNO2. The Morgan fingerprint density at radius 1 is 1.05 bits per heavy atom. The van der Waals surface area contributed by atoms with Gasteiger partial charge in [0.15, 0.2) is 0 Å². The van der Waals surface area contributed by atoms with Crippen LogP contribution in [0.4, 0.5) is 4.39 Å². The number of rotatable bonds is 2. The van der Waals surface area contributed by atoms with Gasteiger partial charge in [-0.25, -0.2) is 9.18 Å². The number of carbonyl (C=O) groups is 1. The molecule has 0 saturated heterocycles. The number of nitrogens with zero attached hydrogens (tertiary/aromatic N) is 1. The molecule has 3 aromatic carbocycles. The number of nitriles is 1. The number of halogens is 1. The molecular weight excluding hydrogens is 281 g/mol. The van der Waals surface area contributed by atoms with Gasteiger partial charge >= 0.3 is 5.97 Å². The van der Waals surface area contributed by atoms with Gasteiger partial charge in [0.1, 0.15) is 5.82 Å². The second kappa shape index (κ2) is 5.30. The highest BCUT2D eigenvalue weighted by Gasteiger charge is 2.12. The van der Waals surface area contributed by atoms with E-state index in [4.69, 9.17) is 10.4 Å². The number of aromatic carboxylic acids is 1. The summed E-state index contributed by atoms with van der Waals surface area (Å²) in [5.74, 6) is -1.49. The predicted octanol–water partition coefficient (Wildman–Crippen LogP) is 4.22. The van der Waals surface area contributed by atoms with E-state index in [-0.39, 0.29) is 5.56 Å². The lowest BCUT2D eigenvalue weighted by Crippen LogP contribution is -1.96. The van der Waals surface area contributed by atoms with Crippen LogP contribution < -0.4 is 0 Å². The molecule has 22 heavy (non-hydrogen) atoms. The number of hydrogen-bond donors (Lipinski definition) is 1. The summed E-state index contributed by atoms with van der Waals surface area (Å²) in [5.41, 5.74) is 1.53. The van der Waals surface area contributed by atoms with Crippen LogP contribution in [0.25, 0.3) is 21.9 Å². The summed E-state index contributed by atoms with van der Waals surface area (Å²) >= 11 is 0. The van der Waals surface area contributed by atoms with Crippen LogP contribution in [0.3, 0.4) is 0 Å². The van der Waals surface area contributed by atoms with Crippen LogP contribution in [0.5, 0.6) is 0 Å². The van der Waals surface area contributed by atoms with E-state index in [0.717, 1.165) is 5.39 Å². The Hall–Kier alpha value is -3.19. The molecule has 0 aliphatic carbocycles. The molecule has 3 nitrogen and oxygen atoms in total. The summed E-state index contributed by atoms with van der Waals surface area (Å²) in [6.45, 7) is 0. The molecule has 0 heterocycles. The molecule has 0 fully saturated rings. The molecule has 3 rings (SSSR count). The zero-order valence-electron chi connectivity index (χ0n) is 11.4. The summed E-state index contributed by atoms with van der Waals surface area (Å²) in [6, 6.07) is 16.1. The van der Waals surface area contributed by atoms with E-state index in [1.54, 1.807) is 36.4 Å². The zero-order chi connectivity index (χ0) is 15.7. The quantitative estimate of drug-likeness (QED) is 0.769. The van der Waals surface area contributed by atoms with Crippen molar-refractivity contribution in [2.24, 2.45) is 0 Å². The Morgan fingerprint density at radius 2 is 1.73 bits per heavy atom. The highest BCUT2D eigenvalue weighted by Crippen LogP contribution is 2.32. The monoisotopic (exact) mass is 291 g/mol. The predicted molar refractivity (Wildman–Crippen MR) is 81.0 cm³/mol. The van der Waals surface area contributed by atoms with Gasteiger partial charge in [0.25, 0.3) is 0 Å². The molecule has 1 N–H and O–H groups in total. The van der Waals surface area contributed by atoms with E-state index in [0.29, 0.717) is 22.1 Å². The number of hydrogen-bond acceptors (Lipinski definition) is 2. The van der Waals surface area contributed by atoms with Crippen molar-refractivity contribution >= 4 is 16.7 Å². The Labute approximate surface area is 125 Å². The van der Waals surface area contributed by atoms with Crippen LogP contribution >= 0.6 is 0 Å². The van der Waals surface area contributed by atoms with Crippen LogP contribution in [-0.4, -0.2) is 11.1 Å². The Morgan fingerprint density at radius 3 is 2.36 bits per heavy atom. The van der Waals surface area contributed by atoms with Crippen molar-refractivity contribution in [1.29, 1.82) is 5.26 Å². The van der Waals surface area contributed by atoms with Gasteiger partial charge in [-0.3, -0.25) is 0 Å². The minimum atomic E-state index is -1.06. The molecule has 0 aliphatic heterocycles. The van der Waals surface area contributed by atoms with E-state index in [1.165, 1.54) is 18.2 Å². The smallest absolute Gasteiger partial charge is 0.335 e. The van der Waals surface area contributed by atoms with Crippen molar-refractivity contribution in [2.45, 2.75) is 0 Å². The Balaban J connectivity index is 2.30. The zero-order valence-corrected chi connectivity index (χ0v) is 11.4. The fourth-order valence-electron chi connectivity index (χ4n) is 2.43. The molecule has 0 radical (unpaired) electrons. The number of fused-ring (bicyclic) bond motifs is 1. The van der Waals surface area contributed by atoms with Crippen LogP contribution in [0.15, 0.2) is 54.6 Å². The fraction of sp³-hybridized carbons (Fsp3) is 0. The van der Waals surface area contributed by atoms with Gasteiger partial charge < -0.3 is 5.11 Å². The highest BCUT2D eigenvalue weighted by atomic mass is 19.1. The standard InChI is InChI=1S/C18H10FNO2/c19-16-8-7-12-5-6-14(18(21)22)9-15(12)17(16)13-3-1-11(10-20)2-4-13/h1-9H,(H,21,22). The molecule has 0 amide bonds. The highest BCUT2D eigenvalue weighted by molar-refractivity contribution is 6.01. The van der Waals surface area contributed by atoms with Crippen LogP contribution in [0.1, 0.15) is 15.9 Å². The van der Waals surface area contributed by atoms with E-state index >= 15 is 0 Å². The van der Waals surface area contributed by atoms with Crippen molar-refractivity contribution in [3.05, 3.63) is 71.5 Å². The van der Waals surface area contributed by atoms with E-state index < -0.39 is 11.8 Å². The minimum Gasteiger partial charge on any atom is -0.478 e. The number of benzene rings is 3. The molecule has 0 aliphatic rings. The fourth-order valence-corrected chi connectivity index (χ4v) is 2.43. The Bertz CT molecular complexity index is 924. The van der Waals surface area contributed by atoms with Crippen molar-refractivity contribution < 1.29 is 14.3 Å². The molecule has 0 spiro atoms. The first-order valence-electron chi connectivity index (χ1n) is 6.56. The van der Waals surface area contributed by atoms with E-state index in [2.05, 4.69) is 0 Å². The maximum absolute atomic E-state index is 14.3. The van der Waals surface area contributed by atoms with Crippen molar-refractivity contribution in [1.82, 2.24) is 0 Å². The van der Waals surface area contributed by atoms with Gasteiger partial charge in [0.2, 0.25) is 0 Å². The van der Waals surface area contributed by atoms with Gasteiger partial charge in [0, 0.05) is 5.56 Å². The van der Waals surface area contributed by atoms with Crippen molar-refractivity contribution in [3.8, 4) is 17.2 Å². The van der Waals surface area contributed by atoms with Gasteiger partial charge in [0.05, 0.1) is 17.2 Å². The molecule has 4 heteroatoms. The largest absolute Gasteiger partial charge is 0.478 e. The molecule has 0 bridgehead atoms.